The van der Waals surface area contributed by atoms with Crippen LogP contribution in [-0.2, 0) is 9.92 Å². The molecule has 0 amide bonds. The number of hydrogen-bond donors (Lipinski definition) is 5. The van der Waals surface area contributed by atoms with E-state index < -0.39 is 15.7 Å². The third kappa shape index (κ3) is 5.63. The van der Waals surface area contributed by atoms with Crippen molar-refractivity contribution < 1.29 is 18.4 Å². The first-order valence-electron chi connectivity index (χ1n) is 6.79. The Morgan fingerprint density at radius 1 is 1.48 bits per heavy atom. The topological polar surface area (TPSA) is 149 Å². The fraction of sp³-hybridized carbons (Fsp3) is 0.250. The summed E-state index contributed by atoms with van der Waals surface area (Å²) >= 11 is 5.69. The molecule has 1 atom stereocenters. The molecule has 0 aliphatic carbocycles. The highest BCUT2D eigenvalue weighted by atomic mass is 35.5. The Morgan fingerprint density at radius 3 is 2.88 bits per heavy atom. The van der Waals surface area contributed by atoms with E-state index in [1.54, 1.807) is 0 Å². The summed E-state index contributed by atoms with van der Waals surface area (Å²) in [6.07, 6.45) is 1.25. The van der Waals surface area contributed by atoms with Crippen molar-refractivity contribution in [3.05, 3.63) is 34.7 Å². The van der Waals surface area contributed by atoms with Gasteiger partial charge in [-0.2, -0.15) is 0 Å². The van der Waals surface area contributed by atoms with E-state index in [4.69, 9.17) is 16.4 Å². The van der Waals surface area contributed by atoms with Gasteiger partial charge in [0.1, 0.15) is 15.7 Å². The van der Waals surface area contributed by atoms with Gasteiger partial charge in [-0.1, -0.05) is 11.6 Å². The molecule has 0 saturated heterocycles. The maximum atomic E-state index is 13.2. The summed E-state index contributed by atoms with van der Waals surface area (Å²) in [6.45, 7) is 0.476. The number of benzene rings is 1. The summed E-state index contributed by atoms with van der Waals surface area (Å²) in [7, 11) is -2.81. The van der Waals surface area contributed by atoms with Crippen molar-refractivity contribution in [3.63, 3.8) is 0 Å². The highest BCUT2D eigenvalue weighted by Gasteiger charge is 2.16. The number of halogens is 2. The van der Waals surface area contributed by atoms with Crippen molar-refractivity contribution in [2.24, 2.45) is 4.99 Å². The van der Waals surface area contributed by atoms with Crippen molar-refractivity contribution in [2.45, 2.75) is 0 Å². The summed E-state index contributed by atoms with van der Waals surface area (Å²) in [4.78, 5) is 4.06. The highest BCUT2D eigenvalue weighted by Crippen LogP contribution is 2.22. The van der Waals surface area contributed by atoms with Crippen LogP contribution < -0.4 is 15.5 Å². The Labute approximate surface area is 147 Å². The van der Waals surface area contributed by atoms with Crippen LogP contribution in [0.4, 0.5) is 15.9 Å². The number of rotatable bonds is 7. The molecule has 0 spiro atoms. The second-order valence-corrected chi connectivity index (χ2v) is 7.18. The van der Waals surface area contributed by atoms with Gasteiger partial charge in [0.15, 0.2) is 11.5 Å². The van der Waals surface area contributed by atoms with E-state index in [9.17, 15) is 13.8 Å². The minimum Gasteiger partial charge on any atom is -0.364 e. The van der Waals surface area contributed by atoms with E-state index in [0.717, 1.165) is 6.07 Å². The molecule has 1 heterocycles. The van der Waals surface area contributed by atoms with Crippen LogP contribution in [-0.4, -0.2) is 44.9 Å². The number of nitrogens with zero attached hydrogens (tertiary/aromatic N) is 3. The molecule has 136 valence electrons. The summed E-state index contributed by atoms with van der Waals surface area (Å²) in [5.41, 5.74) is 2.18. The Kier molecular flexibility index (Phi) is 6.25. The first kappa shape index (κ1) is 19.1. The van der Waals surface area contributed by atoms with Crippen molar-refractivity contribution in [2.75, 3.05) is 24.7 Å². The van der Waals surface area contributed by atoms with Crippen LogP contribution in [0, 0.1) is 10.6 Å². The lowest BCUT2D eigenvalue weighted by molar-refractivity contribution is 0.234. The van der Waals surface area contributed by atoms with Gasteiger partial charge in [-0.05, 0) is 28.5 Å². The largest absolute Gasteiger partial charge is 0.364 e. The fourth-order valence-corrected chi connectivity index (χ4v) is 2.37. The zero-order chi connectivity index (χ0) is 18.4. The Hall–Kier alpha value is -2.28. The van der Waals surface area contributed by atoms with E-state index in [2.05, 4.69) is 30.0 Å². The molecule has 2 aromatic rings. The second kappa shape index (κ2) is 8.20. The number of amidine groups is 1. The minimum atomic E-state index is -2.81. The molecule has 2 rings (SSSR count). The zero-order valence-corrected chi connectivity index (χ0v) is 14.5. The summed E-state index contributed by atoms with van der Waals surface area (Å²) in [5, 5.41) is 19.2. The van der Waals surface area contributed by atoms with Crippen LogP contribution >= 0.6 is 11.6 Å². The lowest BCUT2D eigenvalue weighted by atomic mass is 10.3. The molecule has 1 unspecified atom stereocenters. The summed E-state index contributed by atoms with van der Waals surface area (Å²) in [6, 6.07) is 3.76. The SMILES string of the molecule is CS(=N)(=O)NCCNc1nonc1C(=Nc1ccc(F)c(Cl)c1)NO. The molecule has 0 bridgehead atoms. The Morgan fingerprint density at radius 2 is 2.24 bits per heavy atom. The standard InChI is InChI=1S/C12H15ClFN7O3S/c1-25(15,23)17-5-4-16-11-10(20-24-21-11)12(19-22)18-7-2-3-9(14)8(13)6-7/h2-3,6,22H,4-5H2,1H3,(H,16,21)(H,18,19)(H2,15,17,23). The van der Waals surface area contributed by atoms with Crippen molar-refractivity contribution in [1.29, 1.82) is 4.78 Å². The van der Waals surface area contributed by atoms with Crippen molar-refractivity contribution in [1.82, 2.24) is 20.5 Å². The van der Waals surface area contributed by atoms with E-state index in [1.807, 2.05) is 5.48 Å². The third-order valence-electron chi connectivity index (χ3n) is 2.76. The normalized spacial score (nSPS) is 14.2. The molecular weight excluding hydrogens is 377 g/mol. The number of anilines is 1. The average Bonchev–Trinajstić information content (AvgIpc) is 3.00. The lowest BCUT2D eigenvalue weighted by Gasteiger charge is -2.07. The van der Waals surface area contributed by atoms with E-state index >= 15 is 0 Å². The summed E-state index contributed by atoms with van der Waals surface area (Å²) < 4.78 is 38.7. The molecule has 10 nitrogen and oxygen atoms in total. The molecule has 0 saturated carbocycles. The van der Waals surface area contributed by atoms with E-state index in [1.165, 1.54) is 18.4 Å². The lowest BCUT2D eigenvalue weighted by Crippen LogP contribution is -2.28. The van der Waals surface area contributed by atoms with Crippen LogP contribution in [0.3, 0.4) is 0 Å². The van der Waals surface area contributed by atoms with Crippen molar-refractivity contribution in [3.8, 4) is 0 Å². The summed E-state index contributed by atoms with van der Waals surface area (Å²) in [5.74, 6) is -0.555. The van der Waals surface area contributed by atoms with Gasteiger partial charge in [-0.25, -0.2) is 27.7 Å². The Balaban J connectivity index is 2.14. The smallest absolute Gasteiger partial charge is 0.202 e. The van der Waals surface area contributed by atoms with E-state index in [0.29, 0.717) is 0 Å². The van der Waals surface area contributed by atoms with Crippen LogP contribution in [0.1, 0.15) is 5.69 Å². The maximum Gasteiger partial charge on any atom is 0.202 e. The molecule has 25 heavy (non-hydrogen) atoms. The number of hydroxylamine groups is 1. The molecular formula is C12H15ClFN7O3S. The van der Waals surface area contributed by atoms with Gasteiger partial charge in [0.2, 0.25) is 5.82 Å². The molecule has 1 aromatic heterocycles. The van der Waals surface area contributed by atoms with Gasteiger partial charge < -0.3 is 5.32 Å². The van der Waals surface area contributed by atoms with Crippen molar-refractivity contribution >= 4 is 38.9 Å². The molecule has 0 aliphatic heterocycles. The number of nitrogens with one attached hydrogen (secondary N) is 4. The third-order valence-corrected chi connectivity index (χ3v) is 3.80. The maximum absolute atomic E-state index is 13.2. The Bertz CT molecular complexity index is 871. The minimum absolute atomic E-state index is 0.0612. The van der Waals surface area contributed by atoms with Crippen LogP contribution in [0.25, 0.3) is 0 Å². The first-order chi connectivity index (χ1) is 11.8. The number of aromatic nitrogens is 2. The van der Waals surface area contributed by atoms with Gasteiger partial charge in [0.25, 0.3) is 0 Å². The van der Waals surface area contributed by atoms with Gasteiger partial charge in [0.05, 0.1) is 10.7 Å². The molecule has 0 radical (unpaired) electrons. The van der Waals surface area contributed by atoms with Gasteiger partial charge >= 0.3 is 0 Å². The van der Waals surface area contributed by atoms with E-state index in [-0.39, 0.29) is 41.1 Å². The first-order valence-corrected chi connectivity index (χ1v) is 9.13. The van der Waals surface area contributed by atoms with Gasteiger partial charge in [-0.3, -0.25) is 10.7 Å². The number of hydrogen-bond acceptors (Lipinski definition) is 8. The van der Waals surface area contributed by atoms with Gasteiger partial charge in [0, 0.05) is 19.3 Å². The highest BCUT2D eigenvalue weighted by molar-refractivity contribution is 7.89. The molecule has 0 fully saturated rings. The molecule has 5 N–H and O–H groups in total. The predicted octanol–water partition coefficient (Wildman–Crippen LogP) is 1.51. The molecule has 1 aromatic carbocycles. The van der Waals surface area contributed by atoms with Gasteiger partial charge in [-0.15, -0.1) is 0 Å². The predicted molar refractivity (Wildman–Crippen MR) is 90.1 cm³/mol. The average molecular weight is 392 g/mol. The number of aliphatic imine (C=N–C) groups is 1. The quantitative estimate of drug-likeness (QED) is 0.208. The second-order valence-electron chi connectivity index (χ2n) is 4.80. The molecule has 13 heteroatoms. The van der Waals surface area contributed by atoms with Crippen LogP contribution in [0.15, 0.2) is 27.8 Å². The molecule has 0 aliphatic rings. The zero-order valence-electron chi connectivity index (χ0n) is 12.9. The fourth-order valence-electron chi connectivity index (χ4n) is 1.70. The monoisotopic (exact) mass is 391 g/mol. The van der Waals surface area contributed by atoms with Crippen LogP contribution in [0.5, 0.6) is 0 Å². The van der Waals surface area contributed by atoms with Crippen LogP contribution in [0.2, 0.25) is 5.02 Å².